The van der Waals surface area contributed by atoms with Gasteiger partial charge in [0.05, 0.1) is 13.7 Å². The number of nitrogens with zero attached hydrogens (tertiary/aromatic N) is 2. The van der Waals surface area contributed by atoms with Crippen molar-refractivity contribution in [3.63, 3.8) is 0 Å². The fourth-order valence-corrected chi connectivity index (χ4v) is 2.51. The minimum Gasteiger partial charge on any atom is -0.497 e. The van der Waals surface area contributed by atoms with Crippen LogP contribution in [0.1, 0.15) is 20.3 Å². The molecule has 0 aromatic heterocycles. The quantitative estimate of drug-likeness (QED) is 0.907. The van der Waals surface area contributed by atoms with Gasteiger partial charge in [0, 0.05) is 31.9 Å². The van der Waals surface area contributed by atoms with E-state index in [0.29, 0.717) is 44.4 Å². The molecule has 1 fully saturated rings. The smallest absolute Gasteiger partial charge is 0.409 e. The van der Waals surface area contributed by atoms with Gasteiger partial charge in [-0.05, 0) is 36.6 Å². The molecule has 0 spiro atoms. The van der Waals surface area contributed by atoms with E-state index in [-0.39, 0.29) is 12.1 Å². The lowest BCUT2D eigenvalue weighted by molar-refractivity contribution is 0.0934. The minimum atomic E-state index is -0.300. The summed E-state index contributed by atoms with van der Waals surface area (Å²) in [5.41, 5.74) is 0.711. The molecule has 138 valence electrons. The van der Waals surface area contributed by atoms with Crippen molar-refractivity contribution in [2.75, 3.05) is 45.2 Å². The van der Waals surface area contributed by atoms with Gasteiger partial charge in [-0.25, -0.2) is 9.59 Å². The summed E-state index contributed by atoms with van der Waals surface area (Å²) in [6.07, 6.45) is 0.429. The van der Waals surface area contributed by atoms with E-state index in [1.165, 1.54) is 0 Å². The van der Waals surface area contributed by atoms with Crippen LogP contribution in [-0.2, 0) is 4.74 Å². The first-order valence-electron chi connectivity index (χ1n) is 8.61. The van der Waals surface area contributed by atoms with E-state index in [2.05, 4.69) is 5.32 Å². The van der Waals surface area contributed by atoms with E-state index in [9.17, 15) is 9.59 Å². The lowest BCUT2D eigenvalue weighted by Crippen LogP contribution is -2.39. The molecule has 0 unspecified atom stereocenters. The number of rotatable bonds is 4. The molecule has 0 radical (unpaired) electrons. The van der Waals surface area contributed by atoms with Crippen molar-refractivity contribution in [1.29, 1.82) is 0 Å². The first kappa shape index (κ1) is 18.9. The summed E-state index contributed by atoms with van der Waals surface area (Å²) in [5.74, 6) is 1.05. The Balaban J connectivity index is 1.84. The summed E-state index contributed by atoms with van der Waals surface area (Å²) in [7, 11) is 1.60. The van der Waals surface area contributed by atoms with Crippen molar-refractivity contribution < 1.29 is 19.1 Å². The third-order valence-corrected chi connectivity index (χ3v) is 3.92. The maximum atomic E-state index is 12.4. The zero-order chi connectivity index (χ0) is 18.2. The molecule has 0 atom stereocenters. The van der Waals surface area contributed by atoms with E-state index >= 15 is 0 Å². The zero-order valence-corrected chi connectivity index (χ0v) is 15.2. The van der Waals surface area contributed by atoms with E-state index in [0.717, 1.165) is 12.2 Å². The van der Waals surface area contributed by atoms with Crippen LogP contribution >= 0.6 is 0 Å². The highest BCUT2D eigenvalue weighted by atomic mass is 16.6. The SMILES string of the molecule is COc1ccc(NC(=O)N2CCCN(C(=O)OCC(C)C)CC2)cc1. The summed E-state index contributed by atoms with van der Waals surface area (Å²) < 4.78 is 10.4. The Hall–Kier alpha value is -2.44. The van der Waals surface area contributed by atoms with Crippen LogP contribution in [0.2, 0.25) is 0 Å². The molecule has 1 aliphatic rings. The van der Waals surface area contributed by atoms with Crippen LogP contribution in [-0.4, -0.2) is 61.8 Å². The number of urea groups is 1. The third-order valence-electron chi connectivity index (χ3n) is 3.92. The number of anilines is 1. The van der Waals surface area contributed by atoms with Crippen molar-refractivity contribution in [2.45, 2.75) is 20.3 Å². The second-order valence-corrected chi connectivity index (χ2v) is 6.46. The molecule has 1 aromatic rings. The van der Waals surface area contributed by atoms with Crippen LogP contribution in [0.4, 0.5) is 15.3 Å². The van der Waals surface area contributed by atoms with Gasteiger partial charge in [0.15, 0.2) is 0 Å². The number of ether oxygens (including phenoxy) is 2. The highest BCUT2D eigenvalue weighted by molar-refractivity contribution is 5.89. The first-order chi connectivity index (χ1) is 12.0. The molecule has 7 heteroatoms. The molecule has 1 aliphatic heterocycles. The highest BCUT2D eigenvalue weighted by Crippen LogP contribution is 2.16. The maximum absolute atomic E-state index is 12.4. The Kier molecular flexibility index (Phi) is 6.91. The molecule has 1 saturated heterocycles. The van der Waals surface area contributed by atoms with Gasteiger partial charge in [0.25, 0.3) is 0 Å². The Morgan fingerprint density at radius 2 is 1.72 bits per heavy atom. The Morgan fingerprint density at radius 1 is 1.08 bits per heavy atom. The maximum Gasteiger partial charge on any atom is 0.409 e. The van der Waals surface area contributed by atoms with E-state index < -0.39 is 0 Å². The number of carbonyl (C=O) groups excluding carboxylic acids is 2. The second kappa shape index (κ2) is 9.15. The minimum absolute atomic E-state index is 0.164. The topological polar surface area (TPSA) is 71.1 Å². The molecule has 1 heterocycles. The lowest BCUT2D eigenvalue weighted by atomic mass is 10.2. The molecule has 7 nitrogen and oxygen atoms in total. The van der Waals surface area contributed by atoms with Gasteiger partial charge in [-0.3, -0.25) is 0 Å². The number of hydrogen-bond donors (Lipinski definition) is 1. The normalized spacial score (nSPS) is 14.9. The van der Waals surface area contributed by atoms with Crippen molar-refractivity contribution in [1.82, 2.24) is 9.80 Å². The van der Waals surface area contributed by atoms with Crippen LogP contribution in [0, 0.1) is 5.92 Å². The van der Waals surface area contributed by atoms with Gasteiger partial charge < -0.3 is 24.6 Å². The van der Waals surface area contributed by atoms with Crippen molar-refractivity contribution in [2.24, 2.45) is 5.92 Å². The molecule has 1 aromatic carbocycles. The highest BCUT2D eigenvalue weighted by Gasteiger charge is 2.23. The Labute approximate surface area is 148 Å². The summed E-state index contributed by atoms with van der Waals surface area (Å²) in [5, 5.41) is 2.87. The van der Waals surface area contributed by atoms with Crippen LogP contribution in [0.3, 0.4) is 0 Å². The molecule has 0 saturated carbocycles. The van der Waals surface area contributed by atoms with Gasteiger partial charge in [-0.2, -0.15) is 0 Å². The number of benzene rings is 1. The van der Waals surface area contributed by atoms with Crippen molar-refractivity contribution in [3.05, 3.63) is 24.3 Å². The van der Waals surface area contributed by atoms with Gasteiger partial charge in [0.2, 0.25) is 0 Å². The number of amides is 3. The molecule has 2 rings (SSSR count). The van der Waals surface area contributed by atoms with Gasteiger partial charge >= 0.3 is 12.1 Å². The van der Waals surface area contributed by atoms with Crippen molar-refractivity contribution >= 4 is 17.8 Å². The summed E-state index contributed by atoms with van der Waals surface area (Å²) in [6, 6.07) is 7.02. The Bertz CT molecular complexity index is 574. The van der Waals surface area contributed by atoms with Crippen LogP contribution in [0.15, 0.2) is 24.3 Å². The van der Waals surface area contributed by atoms with E-state index in [4.69, 9.17) is 9.47 Å². The molecule has 1 N–H and O–H groups in total. The molecule has 3 amide bonds. The monoisotopic (exact) mass is 349 g/mol. The van der Waals surface area contributed by atoms with Crippen LogP contribution in [0.5, 0.6) is 5.75 Å². The summed E-state index contributed by atoms with van der Waals surface area (Å²) in [4.78, 5) is 27.9. The second-order valence-electron chi connectivity index (χ2n) is 6.46. The number of carbonyl (C=O) groups is 2. The van der Waals surface area contributed by atoms with Gasteiger partial charge in [0.1, 0.15) is 5.75 Å². The van der Waals surface area contributed by atoms with Crippen molar-refractivity contribution in [3.8, 4) is 5.75 Å². The molecule has 0 bridgehead atoms. The predicted octanol–water partition coefficient (Wildman–Crippen LogP) is 3.03. The largest absolute Gasteiger partial charge is 0.497 e. The first-order valence-corrected chi connectivity index (χ1v) is 8.61. The lowest BCUT2D eigenvalue weighted by Gasteiger charge is -2.22. The zero-order valence-electron chi connectivity index (χ0n) is 15.2. The fourth-order valence-electron chi connectivity index (χ4n) is 2.51. The van der Waals surface area contributed by atoms with Crippen LogP contribution < -0.4 is 10.1 Å². The predicted molar refractivity (Wildman–Crippen MR) is 96.0 cm³/mol. The van der Waals surface area contributed by atoms with Crippen LogP contribution in [0.25, 0.3) is 0 Å². The number of nitrogens with one attached hydrogen (secondary N) is 1. The average Bonchev–Trinajstić information content (AvgIpc) is 2.86. The van der Waals surface area contributed by atoms with E-state index in [1.807, 2.05) is 13.8 Å². The number of methoxy groups -OCH3 is 1. The van der Waals surface area contributed by atoms with Gasteiger partial charge in [-0.1, -0.05) is 13.8 Å². The van der Waals surface area contributed by atoms with E-state index in [1.54, 1.807) is 41.2 Å². The fraction of sp³-hybridized carbons (Fsp3) is 0.556. The third kappa shape index (κ3) is 5.85. The molecular formula is C18H27N3O4. The summed E-state index contributed by atoms with van der Waals surface area (Å²) in [6.45, 7) is 6.59. The standard InChI is InChI=1S/C18H27N3O4/c1-14(2)13-25-18(23)21-10-4-9-20(11-12-21)17(22)19-15-5-7-16(24-3)8-6-15/h5-8,14H,4,9-13H2,1-3H3,(H,19,22). The molecule has 25 heavy (non-hydrogen) atoms. The molecular weight excluding hydrogens is 322 g/mol. The number of hydrogen-bond acceptors (Lipinski definition) is 4. The molecule has 0 aliphatic carbocycles. The Morgan fingerprint density at radius 3 is 2.36 bits per heavy atom. The summed E-state index contributed by atoms with van der Waals surface area (Å²) >= 11 is 0. The average molecular weight is 349 g/mol. The van der Waals surface area contributed by atoms with Gasteiger partial charge in [-0.15, -0.1) is 0 Å².